The van der Waals surface area contributed by atoms with Gasteiger partial charge in [0.25, 0.3) is 0 Å². The van der Waals surface area contributed by atoms with Crippen LogP contribution in [0.2, 0.25) is 0 Å². The van der Waals surface area contributed by atoms with Crippen molar-refractivity contribution in [2.75, 3.05) is 19.6 Å². The lowest BCUT2D eigenvalue weighted by atomic mass is 10.1. The molecule has 1 saturated carbocycles. The SMILES string of the molecule is CCNC(=NCC(=O)NC1CC1)NCCc1c[nH]c2cc(C)ccc12. The molecule has 1 fully saturated rings. The summed E-state index contributed by atoms with van der Waals surface area (Å²) in [5.74, 6) is 0.677. The fourth-order valence-electron chi connectivity index (χ4n) is 2.82. The third kappa shape index (κ3) is 4.98. The van der Waals surface area contributed by atoms with Crippen molar-refractivity contribution in [2.24, 2.45) is 4.99 Å². The van der Waals surface area contributed by atoms with Crippen LogP contribution in [0.1, 0.15) is 30.9 Å². The van der Waals surface area contributed by atoms with E-state index < -0.39 is 0 Å². The average Bonchev–Trinajstić information content (AvgIpc) is 3.31. The maximum atomic E-state index is 11.8. The van der Waals surface area contributed by atoms with Crippen molar-refractivity contribution >= 4 is 22.8 Å². The number of hydrogen-bond donors (Lipinski definition) is 4. The summed E-state index contributed by atoms with van der Waals surface area (Å²) < 4.78 is 0. The van der Waals surface area contributed by atoms with E-state index in [9.17, 15) is 4.79 Å². The Morgan fingerprint density at radius 2 is 2.16 bits per heavy atom. The van der Waals surface area contributed by atoms with Gasteiger partial charge in [-0.15, -0.1) is 0 Å². The first-order valence-corrected chi connectivity index (χ1v) is 9.04. The number of aryl methyl sites for hydroxylation is 1. The fraction of sp³-hybridized carbons (Fsp3) is 0.474. The number of hydrogen-bond acceptors (Lipinski definition) is 2. The summed E-state index contributed by atoms with van der Waals surface area (Å²) in [5.41, 5.74) is 3.71. The average molecular weight is 341 g/mol. The molecule has 25 heavy (non-hydrogen) atoms. The molecular weight excluding hydrogens is 314 g/mol. The summed E-state index contributed by atoms with van der Waals surface area (Å²) in [5, 5.41) is 10.7. The maximum absolute atomic E-state index is 11.8. The van der Waals surface area contributed by atoms with Crippen LogP contribution in [0.3, 0.4) is 0 Å². The standard InChI is InChI=1S/C19H27N5O/c1-3-20-19(23-12-18(25)24-15-5-6-15)21-9-8-14-11-22-17-10-13(2)4-7-16(14)17/h4,7,10-11,15,22H,3,5-6,8-9,12H2,1-2H3,(H,24,25)(H2,20,21,23). The van der Waals surface area contributed by atoms with Gasteiger partial charge in [0, 0.05) is 36.2 Å². The zero-order valence-electron chi connectivity index (χ0n) is 15.0. The highest BCUT2D eigenvalue weighted by molar-refractivity contribution is 5.85. The van der Waals surface area contributed by atoms with Gasteiger partial charge in [0.05, 0.1) is 0 Å². The first kappa shape index (κ1) is 17.3. The van der Waals surface area contributed by atoms with Gasteiger partial charge in [-0.2, -0.15) is 0 Å². The fourth-order valence-corrected chi connectivity index (χ4v) is 2.82. The molecule has 1 aromatic carbocycles. The lowest BCUT2D eigenvalue weighted by Gasteiger charge is -2.11. The number of aromatic amines is 1. The van der Waals surface area contributed by atoms with Crippen LogP contribution < -0.4 is 16.0 Å². The molecule has 1 amide bonds. The first-order valence-electron chi connectivity index (χ1n) is 9.04. The number of aromatic nitrogens is 1. The molecule has 0 bridgehead atoms. The highest BCUT2D eigenvalue weighted by atomic mass is 16.2. The molecule has 0 spiro atoms. The van der Waals surface area contributed by atoms with E-state index in [1.165, 1.54) is 22.0 Å². The molecule has 1 aliphatic rings. The van der Waals surface area contributed by atoms with Crippen molar-refractivity contribution in [1.82, 2.24) is 20.9 Å². The Hall–Kier alpha value is -2.50. The lowest BCUT2D eigenvalue weighted by Crippen LogP contribution is -2.39. The van der Waals surface area contributed by atoms with Gasteiger partial charge in [-0.05, 0) is 50.3 Å². The molecule has 3 rings (SSSR count). The van der Waals surface area contributed by atoms with Gasteiger partial charge in [-0.1, -0.05) is 12.1 Å². The monoisotopic (exact) mass is 341 g/mol. The van der Waals surface area contributed by atoms with Gasteiger partial charge in [-0.25, -0.2) is 4.99 Å². The number of carbonyl (C=O) groups excluding carboxylic acids is 1. The van der Waals surface area contributed by atoms with Gasteiger partial charge < -0.3 is 20.9 Å². The number of nitrogens with zero attached hydrogens (tertiary/aromatic N) is 1. The zero-order chi connectivity index (χ0) is 17.6. The number of amides is 1. The molecule has 1 aliphatic carbocycles. The van der Waals surface area contributed by atoms with E-state index in [4.69, 9.17) is 0 Å². The van der Waals surface area contributed by atoms with Crippen LogP contribution in [-0.4, -0.2) is 42.5 Å². The molecule has 0 saturated heterocycles. The molecule has 6 heteroatoms. The van der Waals surface area contributed by atoms with Crippen LogP contribution in [0.4, 0.5) is 0 Å². The molecule has 2 aromatic rings. The Balaban J connectivity index is 1.52. The third-order valence-electron chi connectivity index (χ3n) is 4.28. The molecule has 6 nitrogen and oxygen atoms in total. The number of rotatable bonds is 7. The van der Waals surface area contributed by atoms with E-state index in [0.717, 1.165) is 32.4 Å². The van der Waals surface area contributed by atoms with Gasteiger partial charge in [-0.3, -0.25) is 4.79 Å². The van der Waals surface area contributed by atoms with Crippen molar-refractivity contribution in [3.8, 4) is 0 Å². The van der Waals surface area contributed by atoms with Crippen LogP contribution in [0.15, 0.2) is 29.4 Å². The molecule has 4 N–H and O–H groups in total. The summed E-state index contributed by atoms with van der Waals surface area (Å²) in [6, 6.07) is 6.84. The molecule has 0 atom stereocenters. The second kappa shape index (κ2) is 8.05. The second-order valence-electron chi connectivity index (χ2n) is 6.58. The van der Waals surface area contributed by atoms with Crippen LogP contribution in [0.5, 0.6) is 0 Å². The number of carbonyl (C=O) groups is 1. The van der Waals surface area contributed by atoms with Crippen molar-refractivity contribution in [2.45, 2.75) is 39.2 Å². The van der Waals surface area contributed by atoms with Crippen molar-refractivity contribution < 1.29 is 4.79 Å². The predicted octanol–water partition coefficient (Wildman–Crippen LogP) is 1.85. The molecule has 0 aliphatic heterocycles. The minimum Gasteiger partial charge on any atom is -0.361 e. The van der Waals surface area contributed by atoms with E-state index in [0.29, 0.717) is 12.0 Å². The Morgan fingerprint density at radius 1 is 1.32 bits per heavy atom. The molecule has 1 heterocycles. The minimum atomic E-state index is -0.00768. The summed E-state index contributed by atoms with van der Waals surface area (Å²) in [4.78, 5) is 19.5. The van der Waals surface area contributed by atoms with Crippen LogP contribution >= 0.6 is 0 Å². The molecule has 0 radical (unpaired) electrons. The van der Waals surface area contributed by atoms with Gasteiger partial charge in [0.1, 0.15) is 6.54 Å². The number of fused-ring (bicyclic) bond motifs is 1. The van der Waals surface area contributed by atoms with Crippen LogP contribution in [0.25, 0.3) is 10.9 Å². The molecular formula is C19H27N5O. The highest BCUT2D eigenvalue weighted by Crippen LogP contribution is 2.19. The molecule has 134 valence electrons. The van der Waals surface area contributed by atoms with Crippen molar-refractivity contribution in [1.29, 1.82) is 0 Å². The Labute approximate surface area is 148 Å². The van der Waals surface area contributed by atoms with E-state index in [1.807, 2.05) is 6.92 Å². The summed E-state index contributed by atoms with van der Waals surface area (Å²) in [6.45, 7) is 5.81. The van der Waals surface area contributed by atoms with Crippen molar-refractivity contribution in [3.63, 3.8) is 0 Å². The second-order valence-corrected chi connectivity index (χ2v) is 6.58. The lowest BCUT2D eigenvalue weighted by molar-refractivity contribution is -0.119. The van der Waals surface area contributed by atoms with Gasteiger partial charge in [0.2, 0.25) is 5.91 Å². The zero-order valence-corrected chi connectivity index (χ0v) is 15.0. The smallest absolute Gasteiger partial charge is 0.242 e. The number of nitrogens with one attached hydrogen (secondary N) is 4. The Kier molecular flexibility index (Phi) is 5.58. The number of H-pyrrole nitrogens is 1. The van der Waals surface area contributed by atoms with E-state index >= 15 is 0 Å². The van der Waals surface area contributed by atoms with E-state index in [-0.39, 0.29) is 12.5 Å². The van der Waals surface area contributed by atoms with E-state index in [2.05, 4.69) is 57.2 Å². The number of benzene rings is 1. The first-order chi connectivity index (χ1) is 12.2. The summed E-state index contributed by atoms with van der Waals surface area (Å²) >= 11 is 0. The quantitative estimate of drug-likeness (QED) is 0.458. The Bertz CT molecular complexity index is 760. The third-order valence-corrected chi connectivity index (χ3v) is 4.28. The number of guanidine groups is 1. The summed E-state index contributed by atoms with van der Waals surface area (Å²) in [6.07, 6.45) is 5.15. The topological polar surface area (TPSA) is 81.3 Å². The predicted molar refractivity (Wildman–Crippen MR) is 102 cm³/mol. The molecule has 0 unspecified atom stereocenters. The van der Waals surface area contributed by atoms with E-state index in [1.54, 1.807) is 0 Å². The largest absolute Gasteiger partial charge is 0.361 e. The van der Waals surface area contributed by atoms with Gasteiger partial charge in [0.15, 0.2) is 5.96 Å². The summed E-state index contributed by atoms with van der Waals surface area (Å²) in [7, 11) is 0. The number of aliphatic imine (C=N–C) groups is 1. The Morgan fingerprint density at radius 3 is 2.92 bits per heavy atom. The van der Waals surface area contributed by atoms with Crippen LogP contribution in [-0.2, 0) is 11.2 Å². The van der Waals surface area contributed by atoms with Crippen molar-refractivity contribution in [3.05, 3.63) is 35.5 Å². The minimum absolute atomic E-state index is 0.00768. The van der Waals surface area contributed by atoms with Gasteiger partial charge >= 0.3 is 0 Å². The maximum Gasteiger partial charge on any atom is 0.242 e. The van der Waals surface area contributed by atoms with Crippen LogP contribution in [0, 0.1) is 6.92 Å². The normalized spacial score (nSPS) is 14.6. The highest BCUT2D eigenvalue weighted by Gasteiger charge is 2.22. The molecule has 1 aromatic heterocycles.